The van der Waals surface area contributed by atoms with Crippen molar-refractivity contribution < 1.29 is 19.1 Å². The largest absolute Gasteiger partial charge is 0.497 e. The Morgan fingerprint density at radius 3 is 2.25 bits per heavy atom. The van der Waals surface area contributed by atoms with E-state index in [-0.39, 0.29) is 5.91 Å². The molecule has 4 rings (SSSR count). The number of hydrogen-bond donors (Lipinski definition) is 1. The Bertz CT molecular complexity index is 1130. The van der Waals surface area contributed by atoms with Crippen molar-refractivity contribution in [2.75, 3.05) is 26.7 Å². The zero-order valence-electron chi connectivity index (χ0n) is 20.8. The number of alkyl carbamates (subject to hydrolysis) is 1. The maximum absolute atomic E-state index is 13.0. The molecular weight excluding hydrogens is 452 g/mol. The van der Waals surface area contributed by atoms with Crippen molar-refractivity contribution in [1.29, 1.82) is 0 Å². The summed E-state index contributed by atoms with van der Waals surface area (Å²) in [6, 6.07) is 27.7. The van der Waals surface area contributed by atoms with Crippen molar-refractivity contribution in [2.45, 2.75) is 37.7 Å². The van der Waals surface area contributed by atoms with Gasteiger partial charge >= 0.3 is 6.09 Å². The predicted molar refractivity (Wildman–Crippen MR) is 140 cm³/mol. The molecule has 3 aromatic carbocycles. The molecule has 0 spiro atoms. The Morgan fingerprint density at radius 2 is 1.56 bits per heavy atom. The van der Waals surface area contributed by atoms with Gasteiger partial charge in [0.1, 0.15) is 11.4 Å². The van der Waals surface area contributed by atoms with Crippen LogP contribution in [0.2, 0.25) is 0 Å². The third kappa shape index (κ3) is 6.66. The number of benzene rings is 3. The second-order valence-corrected chi connectivity index (χ2v) is 9.17. The Kier molecular flexibility index (Phi) is 8.61. The highest BCUT2D eigenvalue weighted by molar-refractivity contribution is 5.79. The summed E-state index contributed by atoms with van der Waals surface area (Å²) in [6.45, 7) is 1.60. The maximum atomic E-state index is 13.0. The molecule has 1 fully saturated rings. The Labute approximate surface area is 213 Å². The molecule has 188 valence electrons. The van der Waals surface area contributed by atoms with Crippen LogP contribution in [0.4, 0.5) is 4.79 Å². The molecule has 3 aromatic rings. The molecule has 1 heterocycles. The normalized spacial score (nSPS) is 14.6. The maximum Gasteiger partial charge on any atom is 0.408 e. The van der Waals surface area contributed by atoms with Gasteiger partial charge in [-0.25, -0.2) is 4.79 Å². The fourth-order valence-corrected chi connectivity index (χ4v) is 4.72. The first kappa shape index (κ1) is 25.3. The highest BCUT2D eigenvalue weighted by Crippen LogP contribution is 2.37. The molecule has 2 amide bonds. The molecule has 0 radical (unpaired) electrons. The van der Waals surface area contributed by atoms with Crippen LogP contribution in [0.5, 0.6) is 5.75 Å². The summed E-state index contributed by atoms with van der Waals surface area (Å²) in [5.74, 6) is 0.806. The van der Waals surface area contributed by atoms with Gasteiger partial charge in [0.25, 0.3) is 0 Å². The van der Waals surface area contributed by atoms with Crippen LogP contribution in [0.3, 0.4) is 0 Å². The SMILES string of the molecule is COc1cccc(CC(=O)N2CCC(OC(=O)NCCCc3ccccc3)(c3ccccc3)CC2)c1. The van der Waals surface area contributed by atoms with Crippen molar-refractivity contribution in [3.8, 4) is 5.75 Å². The van der Waals surface area contributed by atoms with E-state index in [4.69, 9.17) is 9.47 Å². The molecule has 1 saturated heterocycles. The van der Waals surface area contributed by atoms with Crippen molar-refractivity contribution in [1.82, 2.24) is 10.2 Å². The molecule has 0 saturated carbocycles. The second kappa shape index (κ2) is 12.2. The summed E-state index contributed by atoms with van der Waals surface area (Å²) in [7, 11) is 1.62. The van der Waals surface area contributed by atoms with Gasteiger partial charge in [0.2, 0.25) is 5.91 Å². The van der Waals surface area contributed by atoms with Crippen LogP contribution in [0.1, 0.15) is 36.0 Å². The monoisotopic (exact) mass is 486 g/mol. The number of likely N-dealkylation sites (tertiary alicyclic amines) is 1. The van der Waals surface area contributed by atoms with E-state index in [1.54, 1.807) is 7.11 Å². The number of methoxy groups -OCH3 is 1. The minimum Gasteiger partial charge on any atom is -0.497 e. The zero-order valence-corrected chi connectivity index (χ0v) is 20.8. The molecule has 6 heteroatoms. The fraction of sp³-hybridized carbons (Fsp3) is 0.333. The number of carbonyl (C=O) groups excluding carboxylic acids is 2. The van der Waals surface area contributed by atoms with E-state index in [2.05, 4.69) is 17.4 Å². The topological polar surface area (TPSA) is 67.9 Å². The molecule has 0 unspecified atom stereocenters. The fourth-order valence-electron chi connectivity index (χ4n) is 4.72. The van der Waals surface area contributed by atoms with Crippen LogP contribution < -0.4 is 10.1 Å². The van der Waals surface area contributed by atoms with Gasteiger partial charge in [0.05, 0.1) is 13.5 Å². The number of nitrogens with zero attached hydrogens (tertiary/aromatic N) is 1. The van der Waals surface area contributed by atoms with Gasteiger partial charge in [-0.1, -0.05) is 72.8 Å². The van der Waals surface area contributed by atoms with Gasteiger partial charge in [-0.05, 0) is 41.7 Å². The second-order valence-electron chi connectivity index (χ2n) is 9.17. The van der Waals surface area contributed by atoms with E-state index in [1.807, 2.05) is 77.7 Å². The molecule has 1 N–H and O–H groups in total. The first-order chi connectivity index (χ1) is 17.6. The van der Waals surface area contributed by atoms with Crippen molar-refractivity contribution in [3.05, 3.63) is 102 Å². The van der Waals surface area contributed by atoms with Crippen LogP contribution in [0.15, 0.2) is 84.9 Å². The van der Waals surface area contributed by atoms with Crippen molar-refractivity contribution in [2.24, 2.45) is 0 Å². The predicted octanol–water partition coefficient (Wildman–Crippen LogP) is 5.11. The molecule has 1 aliphatic heterocycles. The lowest BCUT2D eigenvalue weighted by atomic mass is 9.84. The van der Waals surface area contributed by atoms with E-state index in [0.717, 1.165) is 29.7 Å². The molecule has 0 aliphatic carbocycles. The summed E-state index contributed by atoms with van der Waals surface area (Å²) < 4.78 is 11.4. The Morgan fingerprint density at radius 1 is 0.889 bits per heavy atom. The lowest BCUT2D eigenvalue weighted by Crippen LogP contribution is -2.48. The number of rotatable bonds is 9. The van der Waals surface area contributed by atoms with Gasteiger partial charge < -0.3 is 19.7 Å². The number of hydrogen-bond acceptors (Lipinski definition) is 4. The summed E-state index contributed by atoms with van der Waals surface area (Å²) in [5.41, 5.74) is 2.38. The minimum atomic E-state index is -0.752. The van der Waals surface area contributed by atoms with Crippen LogP contribution in [-0.4, -0.2) is 43.6 Å². The lowest BCUT2D eigenvalue weighted by molar-refractivity contribution is -0.135. The number of nitrogens with one attached hydrogen (secondary N) is 1. The van der Waals surface area contributed by atoms with Crippen LogP contribution in [-0.2, 0) is 28.0 Å². The van der Waals surface area contributed by atoms with Gasteiger partial charge in [0, 0.05) is 32.5 Å². The average molecular weight is 487 g/mol. The summed E-state index contributed by atoms with van der Waals surface area (Å²) in [5, 5.41) is 2.92. The average Bonchev–Trinajstić information content (AvgIpc) is 2.92. The van der Waals surface area contributed by atoms with E-state index in [9.17, 15) is 9.59 Å². The summed E-state index contributed by atoms with van der Waals surface area (Å²) in [6.07, 6.45) is 2.75. The molecule has 36 heavy (non-hydrogen) atoms. The molecule has 6 nitrogen and oxygen atoms in total. The number of carbonyl (C=O) groups is 2. The van der Waals surface area contributed by atoms with E-state index in [1.165, 1.54) is 5.56 Å². The third-order valence-corrected chi connectivity index (χ3v) is 6.76. The number of ether oxygens (including phenoxy) is 2. The molecule has 0 aromatic heterocycles. The third-order valence-electron chi connectivity index (χ3n) is 6.76. The van der Waals surface area contributed by atoms with Crippen molar-refractivity contribution in [3.63, 3.8) is 0 Å². The van der Waals surface area contributed by atoms with E-state index in [0.29, 0.717) is 38.9 Å². The van der Waals surface area contributed by atoms with Gasteiger partial charge in [-0.2, -0.15) is 0 Å². The summed E-state index contributed by atoms with van der Waals surface area (Å²) >= 11 is 0. The van der Waals surface area contributed by atoms with E-state index >= 15 is 0 Å². The summed E-state index contributed by atoms with van der Waals surface area (Å²) in [4.78, 5) is 27.6. The van der Waals surface area contributed by atoms with Crippen molar-refractivity contribution >= 4 is 12.0 Å². The molecular formula is C30H34N2O4. The van der Waals surface area contributed by atoms with Gasteiger partial charge in [-0.15, -0.1) is 0 Å². The zero-order chi connectivity index (χ0) is 25.2. The first-order valence-electron chi connectivity index (χ1n) is 12.5. The lowest BCUT2D eigenvalue weighted by Gasteiger charge is -2.41. The van der Waals surface area contributed by atoms with Gasteiger partial charge in [-0.3, -0.25) is 4.79 Å². The smallest absolute Gasteiger partial charge is 0.408 e. The quantitative estimate of drug-likeness (QED) is 0.427. The van der Waals surface area contributed by atoms with Crippen LogP contribution in [0, 0.1) is 0 Å². The number of aryl methyl sites for hydroxylation is 1. The standard InChI is InChI=1S/C30H34N2O4/c1-35-27-16-8-12-25(22-27)23-28(33)32-20-17-30(18-21-32,26-14-6-3-7-15-26)36-29(34)31-19-9-13-24-10-4-2-5-11-24/h2-8,10-12,14-16,22H,9,13,17-21,23H2,1H3,(H,31,34). The molecule has 0 atom stereocenters. The highest BCUT2D eigenvalue weighted by Gasteiger charge is 2.41. The first-order valence-corrected chi connectivity index (χ1v) is 12.5. The van der Waals surface area contributed by atoms with Gasteiger partial charge in [0.15, 0.2) is 0 Å². The van der Waals surface area contributed by atoms with Crippen LogP contribution >= 0.6 is 0 Å². The minimum absolute atomic E-state index is 0.0651. The Balaban J connectivity index is 1.34. The molecule has 0 bridgehead atoms. The van der Waals surface area contributed by atoms with E-state index < -0.39 is 11.7 Å². The number of piperidine rings is 1. The Hall–Kier alpha value is -3.80. The highest BCUT2D eigenvalue weighted by atomic mass is 16.6. The number of amides is 2. The molecule has 1 aliphatic rings. The van der Waals surface area contributed by atoms with Crippen LogP contribution in [0.25, 0.3) is 0 Å².